The summed E-state index contributed by atoms with van der Waals surface area (Å²) in [5.74, 6) is 0.00865. The highest BCUT2D eigenvalue weighted by Gasteiger charge is 2.21. The van der Waals surface area contributed by atoms with E-state index in [2.05, 4.69) is 5.32 Å². The Labute approximate surface area is 157 Å². The molecule has 0 saturated carbocycles. The Bertz CT molecular complexity index is 807. The first-order valence-electron chi connectivity index (χ1n) is 7.93. The SMILES string of the molecule is CCOc1cc(OC)cc(C(=O)OC)c1NC(=O)c1cccc(CCl)c1. The molecule has 2 aromatic rings. The molecule has 0 saturated heterocycles. The summed E-state index contributed by atoms with van der Waals surface area (Å²) in [6.07, 6.45) is 0. The van der Waals surface area contributed by atoms with Gasteiger partial charge in [-0.05, 0) is 30.7 Å². The number of ether oxygens (including phenoxy) is 3. The Hall–Kier alpha value is -2.73. The molecule has 26 heavy (non-hydrogen) atoms. The van der Waals surface area contributed by atoms with Gasteiger partial charge in [0, 0.05) is 17.5 Å². The number of methoxy groups -OCH3 is 2. The van der Waals surface area contributed by atoms with Gasteiger partial charge >= 0.3 is 5.97 Å². The minimum absolute atomic E-state index is 0.136. The topological polar surface area (TPSA) is 73.9 Å². The van der Waals surface area contributed by atoms with Gasteiger partial charge in [0.15, 0.2) is 0 Å². The Balaban J connectivity index is 2.48. The molecule has 1 N–H and O–H groups in total. The lowest BCUT2D eigenvalue weighted by molar-refractivity contribution is 0.0601. The first-order valence-corrected chi connectivity index (χ1v) is 8.46. The molecule has 0 spiro atoms. The van der Waals surface area contributed by atoms with E-state index >= 15 is 0 Å². The summed E-state index contributed by atoms with van der Waals surface area (Å²) in [5, 5.41) is 2.73. The lowest BCUT2D eigenvalue weighted by Crippen LogP contribution is -2.17. The highest BCUT2D eigenvalue weighted by atomic mass is 35.5. The predicted octanol–water partition coefficient (Wildman–Crippen LogP) is 3.87. The van der Waals surface area contributed by atoms with Crippen LogP contribution in [0.15, 0.2) is 36.4 Å². The largest absolute Gasteiger partial charge is 0.497 e. The number of carbonyl (C=O) groups excluding carboxylic acids is 2. The standard InChI is InChI=1S/C19H20ClNO5/c1-4-26-16-10-14(24-2)9-15(19(23)25-3)17(16)21-18(22)13-7-5-6-12(8-13)11-20/h5-10H,4,11H2,1-3H3,(H,21,22). The first kappa shape index (κ1) is 19.6. The zero-order valence-corrected chi connectivity index (χ0v) is 15.6. The maximum absolute atomic E-state index is 12.7. The van der Waals surface area contributed by atoms with Crippen molar-refractivity contribution in [1.82, 2.24) is 0 Å². The number of esters is 1. The van der Waals surface area contributed by atoms with E-state index in [0.29, 0.717) is 29.5 Å². The van der Waals surface area contributed by atoms with E-state index in [1.165, 1.54) is 20.3 Å². The molecule has 7 heteroatoms. The first-order chi connectivity index (χ1) is 12.5. The molecule has 0 aliphatic heterocycles. The molecule has 0 heterocycles. The van der Waals surface area contributed by atoms with Crippen molar-refractivity contribution in [2.75, 3.05) is 26.1 Å². The number of benzene rings is 2. The molecule has 0 aliphatic rings. The van der Waals surface area contributed by atoms with Crippen LogP contribution < -0.4 is 14.8 Å². The van der Waals surface area contributed by atoms with Crippen LogP contribution in [0, 0.1) is 0 Å². The molecule has 0 aromatic heterocycles. The molecule has 0 aliphatic carbocycles. The van der Waals surface area contributed by atoms with Crippen molar-refractivity contribution in [2.24, 2.45) is 0 Å². The molecule has 6 nitrogen and oxygen atoms in total. The van der Waals surface area contributed by atoms with Gasteiger partial charge in [0.1, 0.15) is 11.5 Å². The average Bonchev–Trinajstić information content (AvgIpc) is 2.68. The second-order valence-electron chi connectivity index (χ2n) is 5.26. The van der Waals surface area contributed by atoms with Gasteiger partial charge < -0.3 is 19.5 Å². The van der Waals surface area contributed by atoms with Gasteiger partial charge in [-0.25, -0.2) is 4.79 Å². The van der Waals surface area contributed by atoms with E-state index in [1.807, 2.05) is 6.07 Å². The minimum atomic E-state index is -0.616. The summed E-state index contributed by atoms with van der Waals surface area (Å²) in [7, 11) is 2.74. The summed E-state index contributed by atoms with van der Waals surface area (Å²) in [4.78, 5) is 24.8. The Morgan fingerprint density at radius 2 is 1.92 bits per heavy atom. The number of amides is 1. The number of carbonyl (C=O) groups is 2. The van der Waals surface area contributed by atoms with E-state index in [4.69, 9.17) is 25.8 Å². The molecule has 2 rings (SSSR count). The Kier molecular flexibility index (Phi) is 6.86. The molecule has 2 aromatic carbocycles. The van der Waals surface area contributed by atoms with Gasteiger partial charge in [-0.15, -0.1) is 11.6 Å². The molecule has 0 fully saturated rings. The molecule has 0 radical (unpaired) electrons. The van der Waals surface area contributed by atoms with E-state index in [-0.39, 0.29) is 11.3 Å². The normalized spacial score (nSPS) is 10.2. The number of halogens is 1. The molecule has 0 bridgehead atoms. The number of nitrogens with one attached hydrogen (secondary N) is 1. The molecular weight excluding hydrogens is 358 g/mol. The summed E-state index contributed by atoms with van der Waals surface area (Å²) in [6.45, 7) is 2.14. The number of rotatable bonds is 7. The lowest BCUT2D eigenvalue weighted by Gasteiger charge is -2.16. The van der Waals surface area contributed by atoms with E-state index in [1.54, 1.807) is 31.2 Å². The summed E-state index contributed by atoms with van der Waals surface area (Å²) in [6, 6.07) is 9.99. The predicted molar refractivity (Wildman–Crippen MR) is 99.5 cm³/mol. The highest BCUT2D eigenvalue weighted by Crippen LogP contribution is 2.34. The van der Waals surface area contributed by atoms with Crippen molar-refractivity contribution in [3.05, 3.63) is 53.1 Å². The maximum atomic E-state index is 12.7. The quantitative estimate of drug-likeness (QED) is 0.585. The number of anilines is 1. The van der Waals surface area contributed by atoms with Gasteiger partial charge in [0.05, 0.1) is 32.1 Å². The maximum Gasteiger partial charge on any atom is 0.340 e. The fraction of sp³-hybridized carbons (Fsp3) is 0.263. The molecule has 0 unspecified atom stereocenters. The van der Waals surface area contributed by atoms with Crippen LogP contribution in [0.2, 0.25) is 0 Å². The molecule has 1 amide bonds. The zero-order chi connectivity index (χ0) is 19.1. The second kappa shape index (κ2) is 9.10. The fourth-order valence-corrected chi connectivity index (χ4v) is 2.52. The van der Waals surface area contributed by atoms with Crippen molar-refractivity contribution >= 4 is 29.2 Å². The lowest BCUT2D eigenvalue weighted by atomic mass is 10.1. The monoisotopic (exact) mass is 377 g/mol. The fourth-order valence-electron chi connectivity index (χ4n) is 2.36. The second-order valence-corrected chi connectivity index (χ2v) is 5.53. The van der Waals surface area contributed by atoms with Gasteiger partial charge in [0.25, 0.3) is 5.91 Å². The van der Waals surface area contributed by atoms with Gasteiger partial charge in [-0.1, -0.05) is 12.1 Å². The van der Waals surface area contributed by atoms with Crippen molar-refractivity contribution in [3.8, 4) is 11.5 Å². The summed E-state index contributed by atoms with van der Waals surface area (Å²) < 4.78 is 15.6. The van der Waals surface area contributed by atoms with E-state index < -0.39 is 11.9 Å². The Morgan fingerprint density at radius 3 is 2.54 bits per heavy atom. The van der Waals surface area contributed by atoms with Crippen LogP contribution in [0.25, 0.3) is 0 Å². The third-order valence-corrected chi connectivity index (χ3v) is 3.91. The van der Waals surface area contributed by atoms with Gasteiger partial charge in [-0.2, -0.15) is 0 Å². The van der Waals surface area contributed by atoms with Crippen LogP contribution in [-0.4, -0.2) is 32.7 Å². The van der Waals surface area contributed by atoms with Gasteiger partial charge in [-0.3, -0.25) is 4.79 Å². The Morgan fingerprint density at radius 1 is 1.15 bits per heavy atom. The van der Waals surface area contributed by atoms with Gasteiger partial charge in [0.2, 0.25) is 0 Å². The van der Waals surface area contributed by atoms with Crippen LogP contribution in [0.5, 0.6) is 11.5 Å². The summed E-state index contributed by atoms with van der Waals surface area (Å²) in [5.41, 5.74) is 1.59. The summed E-state index contributed by atoms with van der Waals surface area (Å²) >= 11 is 5.82. The highest BCUT2D eigenvalue weighted by molar-refractivity contribution is 6.17. The van der Waals surface area contributed by atoms with Crippen molar-refractivity contribution in [3.63, 3.8) is 0 Å². The third-order valence-electron chi connectivity index (χ3n) is 3.60. The van der Waals surface area contributed by atoms with Crippen LogP contribution in [-0.2, 0) is 10.6 Å². The molecule has 138 valence electrons. The van der Waals surface area contributed by atoms with Crippen LogP contribution in [0.4, 0.5) is 5.69 Å². The molecular formula is C19H20ClNO5. The van der Waals surface area contributed by atoms with E-state index in [9.17, 15) is 9.59 Å². The van der Waals surface area contributed by atoms with Crippen LogP contribution >= 0.6 is 11.6 Å². The number of hydrogen-bond acceptors (Lipinski definition) is 5. The average molecular weight is 378 g/mol. The van der Waals surface area contributed by atoms with E-state index in [0.717, 1.165) is 5.56 Å². The van der Waals surface area contributed by atoms with Crippen LogP contribution in [0.1, 0.15) is 33.2 Å². The zero-order valence-electron chi connectivity index (χ0n) is 14.8. The smallest absolute Gasteiger partial charge is 0.340 e. The van der Waals surface area contributed by atoms with Crippen molar-refractivity contribution in [2.45, 2.75) is 12.8 Å². The number of hydrogen-bond donors (Lipinski definition) is 1. The third kappa shape index (κ3) is 4.46. The number of alkyl halides is 1. The minimum Gasteiger partial charge on any atom is -0.497 e. The molecule has 0 atom stereocenters. The van der Waals surface area contributed by atoms with Crippen molar-refractivity contribution in [1.29, 1.82) is 0 Å². The van der Waals surface area contributed by atoms with Crippen molar-refractivity contribution < 1.29 is 23.8 Å². The van der Waals surface area contributed by atoms with Crippen LogP contribution in [0.3, 0.4) is 0 Å².